The minimum absolute atomic E-state index is 0.131. The highest BCUT2D eigenvalue weighted by atomic mass is 16.3. The van der Waals surface area contributed by atoms with Crippen molar-refractivity contribution in [2.75, 3.05) is 6.54 Å². The van der Waals surface area contributed by atoms with E-state index in [1.165, 1.54) is 0 Å². The van der Waals surface area contributed by atoms with E-state index >= 15 is 0 Å². The topological polar surface area (TPSA) is 46.2 Å². The first kappa shape index (κ1) is 12.2. The molecule has 0 aliphatic carbocycles. The van der Waals surface area contributed by atoms with Gasteiger partial charge in [-0.1, -0.05) is 38.1 Å². The minimum Gasteiger partial charge on any atom is -0.388 e. The van der Waals surface area contributed by atoms with Crippen LogP contribution in [0.25, 0.3) is 0 Å². The summed E-state index contributed by atoms with van der Waals surface area (Å²) in [4.78, 5) is 0. The Bertz CT molecular complexity index is 309. The number of aryl methyl sites for hydroxylation is 1. The molecule has 15 heavy (non-hydrogen) atoms. The molecular weight excluding hydrogens is 186 g/mol. The number of nitrogens with two attached hydrogens (primary N) is 1. The molecule has 0 aliphatic heterocycles. The van der Waals surface area contributed by atoms with E-state index in [1.54, 1.807) is 0 Å². The van der Waals surface area contributed by atoms with E-state index in [4.69, 9.17) is 5.73 Å². The number of rotatable bonds is 4. The molecule has 1 rings (SSSR count). The predicted octanol–water partition coefficient (Wildman–Crippen LogP) is 2.26. The summed E-state index contributed by atoms with van der Waals surface area (Å²) in [5.41, 5.74) is 7.83. The zero-order chi connectivity index (χ0) is 11.4. The second kappa shape index (κ2) is 5.29. The number of benzene rings is 1. The van der Waals surface area contributed by atoms with Crippen LogP contribution in [0, 0.1) is 18.8 Å². The molecule has 0 heterocycles. The smallest absolute Gasteiger partial charge is 0.0835 e. The van der Waals surface area contributed by atoms with Crippen molar-refractivity contribution < 1.29 is 5.11 Å². The average molecular weight is 207 g/mol. The lowest BCUT2D eigenvalue weighted by Crippen LogP contribution is -2.27. The lowest BCUT2D eigenvalue weighted by atomic mass is 9.85. The molecule has 2 nitrogen and oxygen atoms in total. The lowest BCUT2D eigenvalue weighted by Gasteiger charge is -2.26. The molecule has 2 atom stereocenters. The molecule has 0 aromatic heterocycles. The second-order valence-corrected chi connectivity index (χ2v) is 4.44. The molecule has 0 saturated heterocycles. The SMILES string of the molecule is Cc1ccccc1C(O)C(CN)C(C)C. The van der Waals surface area contributed by atoms with Gasteiger partial charge in [-0.3, -0.25) is 0 Å². The molecule has 0 bridgehead atoms. The van der Waals surface area contributed by atoms with Crippen LogP contribution in [0.4, 0.5) is 0 Å². The normalized spacial score (nSPS) is 15.3. The van der Waals surface area contributed by atoms with Gasteiger partial charge in [0.1, 0.15) is 0 Å². The van der Waals surface area contributed by atoms with Crippen LogP contribution < -0.4 is 5.73 Å². The van der Waals surface area contributed by atoms with Crippen molar-refractivity contribution in [3.8, 4) is 0 Å². The molecular formula is C13H21NO. The molecule has 2 unspecified atom stereocenters. The van der Waals surface area contributed by atoms with Crippen LogP contribution in [-0.2, 0) is 0 Å². The Kier molecular flexibility index (Phi) is 4.30. The Balaban J connectivity index is 2.92. The standard InChI is InChI=1S/C13H21NO/c1-9(2)12(8-14)13(15)11-7-5-4-6-10(11)3/h4-7,9,12-13,15H,8,14H2,1-3H3. The Labute approximate surface area is 92.1 Å². The quantitative estimate of drug-likeness (QED) is 0.795. The van der Waals surface area contributed by atoms with Crippen LogP contribution in [0.1, 0.15) is 31.1 Å². The van der Waals surface area contributed by atoms with Gasteiger partial charge in [0.2, 0.25) is 0 Å². The summed E-state index contributed by atoms with van der Waals surface area (Å²) in [5.74, 6) is 0.524. The molecule has 0 aliphatic rings. The maximum Gasteiger partial charge on any atom is 0.0835 e. The van der Waals surface area contributed by atoms with Crippen molar-refractivity contribution in [2.45, 2.75) is 26.9 Å². The molecule has 3 N–H and O–H groups in total. The van der Waals surface area contributed by atoms with E-state index in [1.807, 2.05) is 31.2 Å². The second-order valence-electron chi connectivity index (χ2n) is 4.44. The zero-order valence-corrected chi connectivity index (χ0v) is 9.77. The summed E-state index contributed by atoms with van der Waals surface area (Å²) < 4.78 is 0. The van der Waals surface area contributed by atoms with Crippen molar-refractivity contribution in [2.24, 2.45) is 17.6 Å². The van der Waals surface area contributed by atoms with Gasteiger partial charge < -0.3 is 10.8 Å². The Morgan fingerprint density at radius 1 is 1.27 bits per heavy atom. The van der Waals surface area contributed by atoms with Gasteiger partial charge in [0.15, 0.2) is 0 Å². The predicted molar refractivity (Wildman–Crippen MR) is 63.5 cm³/mol. The van der Waals surface area contributed by atoms with Crippen LogP contribution in [0.15, 0.2) is 24.3 Å². The van der Waals surface area contributed by atoms with Crippen molar-refractivity contribution >= 4 is 0 Å². The minimum atomic E-state index is -0.448. The number of hydrogen-bond acceptors (Lipinski definition) is 2. The third-order valence-corrected chi connectivity index (χ3v) is 3.04. The Morgan fingerprint density at radius 2 is 1.87 bits per heavy atom. The highest BCUT2D eigenvalue weighted by Gasteiger charge is 2.23. The average Bonchev–Trinajstić information content (AvgIpc) is 2.18. The first-order valence-electron chi connectivity index (χ1n) is 5.51. The summed E-state index contributed by atoms with van der Waals surface area (Å²) in [5, 5.41) is 10.3. The van der Waals surface area contributed by atoms with E-state index in [2.05, 4.69) is 13.8 Å². The van der Waals surface area contributed by atoms with Crippen LogP contribution >= 0.6 is 0 Å². The van der Waals surface area contributed by atoms with Crippen LogP contribution in [0.2, 0.25) is 0 Å². The third kappa shape index (κ3) is 2.80. The van der Waals surface area contributed by atoms with Gasteiger partial charge in [-0.2, -0.15) is 0 Å². The van der Waals surface area contributed by atoms with Gasteiger partial charge in [0.25, 0.3) is 0 Å². The van der Waals surface area contributed by atoms with Crippen molar-refractivity contribution in [1.82, 2.24) is 0 Å². The summed E-state index contributed by atoms with van der Waals surface area (Å²) in [6.45, 7) is 6.73. The largest absolute Gasteiger partial charge is 0.388 e. The summed E-state index contributed by atoms with van der Waals surface area (Å²) in [6, 6.07) is 7.94. The zero-order valence-electron chi connectivity index (χ0n) is 9.77. The molecule has 0 fully saturated rings. The van der Waals surface area contributed by atoms with E-state index < -0.39 is 6.10 Å². The molecule has 84 valence electrons. The summed E-state index contributed by atoms with van der Waals surface area (Å²) in [7, 11) is 0. The molecule has 0 spiro atoms. The molecule has 0 amide bonds. The van der Waals surface area contributed by atoms with Crippen LogP contribution in [0.5, 0.6) is 0 Å². The van der Waals surface area contributed by atoms with Gasteiger partial charge in [-0.15, -0.1) is 0 Å². The monoisotopic (exact) mass is 207 g/mol. The van der Waals surface area contributed by atoms with Gasteiger partial charge in [0.05, 0.1) is 6.10 Å². The highest BCUT2D eigenvalue weighted by Crippen LogP contribution is 2.28. The van der Waals surface area contributed by atoms with Crippen molar-refractivity contribution in [3.63, 3.8) is 0 Å². The molecule has 0 radical (unpaired) electrons. The van der Waals surface area contributed by atoms with Gasteiger partial charge in [-0.25, -0.2) is 0 Å². The van der Waals surface area contributed by atoms with E-state index in [0.717, 1.165) is 11.1 Å². The van der Waals surface area contributed by atoms with Gasteiger partial charge in [0, 0.05) is 5.92 Å². The van der Waals surface area contributed by atoms with Gasteiger partial charge in [-0.05, 0) is 30.5 Å². The fourth-order valence-corrected chi connectivity index (χ4v) is 1.91. The van der Waals surface area contributed by atoms with E-state index in [0.29, 0.717) is 12.5 Å². The van der Waals surface area contributed by atoms with Crippen LogP contribution in [-0.4, -0.2) is 11.7 Å². The summed E-state index contributed by atoms with van der Waals surface area (Å²) >= 11 is 0. The highest BCUT2D eigenvalue weighted by molar-refractivity contribution is 5.28. The van der Waals surface area contributed by atoms with E-state index in [9.17, 15) is 5.11 Å². The van der Waals surface area contributed by atoms with E-state index in [-0.39, 0.29) is 5.92 Å². The Morgan fingerprint density at radius 3 is 2.33 bits per heavy atom. The maximum atomic E-state index is 10.3. The molecule has 1 aromatic rings. The van der Waals surface area contributed by atoms with Crippen molar-refractivity contribution in [1.29, 1.82) is 0 Å². The maximum absolute atomic E-state index is 10.3. The van der Waals surface area contributed by atoms with Crippen molar-refractivity contribution in [3.05, 3.63) is 35.4 Å². The Hall–Kier alpha value is -0.860. The first-order chi connectivity index (χ1) is 7.07. The lowest BCUT2D eigenvalue weighted by molar-refractivity contribution is 0.0856. The third-order valence-electron chi connectivity index (χ3n) is 3.04. The molecule has 1 aromatic carbocycles. The first-order valence-corrected chi connectivity index (χ1v) is 5.51. The fourth-order valence-electron chi connectivity index (χ4n) is 1.91. The summed E-state index contributed by atoms with van der Waals surface area (Å²) in [6.07, 6.45) is -0.448. The number of aliphatic hydroxyl groups excluding tert-OH is 1. The number of aliphatic hydroxyl groups is 1. The van der Waals surface area contributed by atoms with Gasteiger partial charge >= 0.3 is 0 Å². The fraction of sp³-hybridized carbons (Fsp3) is 0.538. The van der Waals surface area contributed by atoms with Crippen LogP contribution in [0.3, 0.4) is 0 Å². The molecule has 2 heteroatoms. The molecule has 0 saturated carbocycles. The number of hydrogen-bond donors (Lipinski definition) is 2.